The quantitative estimate of drug-likeness (QED) is 0.698. The number of benzene rings is 2. The number of hydrogen-bond acceptors (Lipinski definition) is 2. The lowest BCUT2D eigenvalue weighted by molar-refractivity contribution is 0.247. The largest absolute Gasteiger partial charge is 0.493 e. The van der Waals surface area contributed by atoms with Gasteiger partial charge in [0.1, 0.15) is 11.5 Å². The first-order valence-electron chi connectivity index (χ1n) is 6.74. The van der Waals surface area contributed by atoms with E-state index in [-0.39, 0.29) is 0 Å². The standard InChI is InChI=1S/C17H19BrO2/c1-13-11-16(12-14(2)17(13)18)20-10-6-9-19-15-7-4-3-5-8-15/h3-5,7-8,11-12H,6,9-10H2,1-2H3. The molecule has 2 aromatic carbocycles. The van der Waals surface area contributed by atoms with Crippen LogP contribution in [0.25, 0.3) is 0 Å². The molecule has 3 heteroatoms. The monoisotopic (exact) mass is 334 g/mol. The van der Waals surface area contributed by atoms with Gasteiger partial charge in [0.05, 0.1) is 13.2 Å². The molecule has 0 heterocycles. The summed E-state index contributed by atoms with van der Waals surface area (Å²) in [4.78, 5) is 0. The molecule has 0 aliphatic heterocycles. The van der Waals surface area contributed by atoms with Crippen LogP contribution in [0, 0.1) is 13.8 Å². The maximum absolute atomic E-state index is 5.76. The highest BCUT2D eigenvalue weighted by Crippen LogP contribution is 2.26. The second-order valence-electron chi connectivity index (χ2n) is 4.73. The van der Waals surface area contributed by atoms with E-state index in [1.165, 1.54) is 11.1 Å². The van der Waals surface area contributed by atoms with E-state index in [0.29, 0.717) is 13.2 Å². The molecule has 0 radical (unpaired) electrons. The molecule has 0 aliphatic carbocycles. The van der Waals surface area contributed by atoms with E-state index in [1.54, 1.807) is 0 Å². The molecule has 0 spiro atoms. The highest BCUT2D eigenvalue weighted by atomic mass is 79.9. The number of rotatable bonds is 6. The van der Waals surface area contributed by atoms with Crippen molar-refractivity contribution in [1.82, 2.24) is 0 Å². The first kappa shape index (κ1) is 14.9. The molecule has 0 aliphatic rings. The Morgan fingerprint density at radius 1 is 0.850 bits per heavy atom. The molecule has 106 valence electrons. The molecule has 20 heavy (non-hydrogen) atoms. The molecular weight excluding hydrogens is 316 g/mol. The van der Waals surface area contributed by atoms with Crippen molar-refractivity contribution in [1.29, 1.82) is 0 Å². The summed E-state index contributed by atoms with van der Waals surface area (Å²) in [6.07, 6.45) is 0.864. The molecule has 0 N–H and O–H groups in total. The molecule has 0 saturated heterocycles. The van der Waals surface area contributed by atoms with Gasteiger partial charge in [0.15, 0.2) is 0 Å². The third-order valence-corrected chi connectivity index (χ3v) is 4.23. The Balaban J connectivity index is 1.74. The number of ether oxygens (including phenoxy) is 2. The van der Waals surface area contributed by atoms with Crippen molar-refractivity contribution in [3.63, 3.8) is 0 Å². The average Bonchev–Trinajstić information content (AvgIpc) is 2.45. The van der Waals surface area contributed by atoms with Crippen molar-refractivity contribution >= 4 is 15.9 Å². The molecule has 0 bridgehead atoms. The van der Waals surface area contributed by atoms with E-state index in [4.69, 9.17) is 9.47 Å². The van der Waals surface area contributed by atoms with Gasteiger partial charge < -0.3 is 9.47 Å². The van der Waals surface area contributed by atoms with Crippen LogP contribution in [0.1, 0.15) is 17.5 Å². The van der Waals surface area contributed by atoms with E-state index in [9.17, 15) is 0 Å². The maximum Gasteiger partial charge on any atom is 0.119 e. The van der Waals surface area contributed by atoms with Crippen LogP contribution >= 0.6 is 15.9 Å². The lowest BCUT2D eigenvalue weighted by Gasteiger charge is -2.10. The molecule has 0 unspecified atom stereocenters. The zero-order valence-corrected chi connectivity index (χ0v) is 13.4. The van der Waals surface area contributed by atoms with Gasteiger partial charge in [0, 0.05) is 10.9 Å². The summed E-state index contributed by atoms with van der Waals surface area (Å²) in [6.45, 7) is 5.47. The van der Waals surface area contributed by atoms with Crippen LogP contribution in [0.2, 0.25) is 0 Å². The fourth-order valence-electron chi connectivity index (χ4n) is 1.95. The summed E-state index contributed by atoms with van der Waals surface area (Å²) in [5.41, 5.74) is 2.39. The highest BCUT2D eigenvalue weighted by Gasteiger charge is 2.03. The van der Waals surface area contributed by atoms with Crippen LogP contribution in [-0.4, -0.2) is 13.2 Å². The second kappa shape index (κ2) is 7.34. The summed E-state index contributed by atoms with van der Waals surface area (Å²) >= 11 is 3.56. The Hall–Kier alpha value is -1.48. The zero-order chi connectivity index (χ0) is 14.4. The Bertz CT molecular complexity index is 529. The lowest BCUT2D eigenvalue weighted by Crippen LogP contribution is -2.05. The summed E-state index contributed by atoms with van der Waals surface area (Å²) in [6, 6.07) is 13.9. The van der Waals surface area contributed by atoms with Gasteiger partial charge in [-0.2, -0.15) is 0 Å². The van der Waals surface area contributed by atoms with E-state index >= 15 is 0 Å². The SMILES string of the molecule is Cc1cc(OCCCOc2ccccc2)cc(C)c1Br. The van der Waals surface area contributed by atoms with Crippen LogP contribution in [0.15, 0.2) is 46.9 Å². The molecule has 0 atom stereocenters. The smallest absolute Gasteiger partial charge is 0.119 e. The number of aryl methyl sites for hydroxylation is 2. The molecule has 0 fully saturated rings. The van der Waals surface area contributed by atoms with Gasteiger partial charge in [-0.1, -0.05) is 34.1 Å². The second-order valence-corrected chi connectivity index (χ2v) is 5.53. The third-order valence-electron chi connectivity index (χ3n) is 2.98. The topological polar surface area (TPSA) is 18.5 Å². The molecule has 2 rings (SSSR count). The van der Waals surface area contributed by atoms with Crippen LogP contribution < -0.4 is 9.47 Å². The summed E-state index contributed by atoms with van der Waals surface area (Å²) < 4.78 is 12.5. The fourth-order valence-corrected chi connectivity index (χ4v) is 2.17. The number of halogens is 1. The van der Waals surface area contributed by atoms with Crippen molar-refractivity contribution in [3.8, 4) is 11.5 Å². The van der Waals surface area contributed by atoms with Crippen molar-refractivity contribution in [2.24, 2.45) is 0 Å². The van der Waals surface area contributed by atoms with Crippen molar-refractivity contribution in [2.75, 3.05) is 13.2 Å². The van der Waals surface area contributed by atoms with Crippen LogP contribution in [0.3, 0.4) is 0 Å². The lowest BCUT2D eigenvalue weighted by atomic mass is 10.1. The fraction of sp³-hybridized carbons (Fsp3) is 0.294. The Morgan fingerprint density at radius 2 is 1.40 bits per heavy atom. The van der Waals surface area contributed by atoms with Gasteiger partial charge in [0.2, 0.25) is 0 Å². The first-order valence-corrected chi connectivity index (χ1v) is 7.53. The van der Waals surface area contributed by atoms with E-state index in [2.05, 4.69) is 41.9 Å². The number of para-hydroxylation sites is 1. The van der Waals surface area contributed by atoms with E-state index in [0.717, 1.165) is 22.4 Å². The van der Waals surface area contributed by atoms with Crippen LogP contribution in [0.4, 0.5) is 0 Å². The Kier molecular flexibility index (Phi) is 5.48. The van der Waals surface area contributed by atoms with Crippen molar-refractivity contribution in [2.45, 2.75) is 20.3 Å². The molecular formula is C17H19BrO2. The molecule has 0 amide bonds. The van der Waals surface area contributed by atoms with Crippen LogP contribution in [-0.2, 0) is 0 Å². The minimum absolute atomic E-state index is 0.660. The van der Waals surface area contributed by atoms with E-state index in [1.807, 2.05) is 30.3 Å². The number of hydrogen-bond donors (Lipinski definition) is 0. The van der Waals surface area contributed by atoms with Crippen molar-refractivity contribution < 1.29 is 9.47 Å². The van der Waals surface area contributed by atoms with Crippen molar-refractivity contribution in [3.05, 3.63) is 58.1 Å². The first-order chi connectivity index (χ1) is 9.66. The Morgan fingerprint density at radius 3 is 2.00 bits per heavy atom. The molecule has 0 aromatic heterocycles. The van der Waals surface area contributed by atoms with Gasteiger partial charge in [0.25, 0.3) is 0 Å². The predicted molar refractivity (Wildman–Crippen MR) is 85.7 cm³/mol. The zero-order valence-electron chi connectivity index (χ0n) is 11.9. The highest BCUT2D eigenvalue weighted by molar-refractivity contribution is 9.10. The van der Waals surface area contributed by atoms with E-state index < -0.39 is 0 Å². The predicted octanol–water partition coefficient (Wildman–Crippen LogP) is 4.91. The molecule has 2 nitrogen and oxygen atoms in total. The summed E-state index contributed by atoms with van der Waals surface area (Å²) in [5, 5.41) is 0. The van der Waals surface area contributed by atoms with Gasteiger partial charge in [-0.3, -0.25) is 0 Å². The van der Waals surface area contributed by atoms with Crippen LogP contribution in [0.5, 0.6) is 11.5 Å². The van der Waals surface area contributed by atoms with Gasteiger partial charge >= 0.3 is 0 Å². The van der Waals surface area contributed by atoms with Gasteiger partial charge in [-0.25, -0.2) is 0 Å². The average molecular weight is 335 g/mol. The van der Waals surface area contributed by atoms with Gasteiger partial charge in [-0.05, 0) is 49.2 Å². The summed E-state index contributed by atoms with van der Waals surface area (Å²) in [5.74, 6) is 1.82. The minimum atomic E-state index is 0.660. The molecule has 2 aromatic rings. The Labute approximate surface area is 128 Å². The summed E-state index contributed by atoms with van der Waals surface area (Å²) in [7, 11) is 0. The minimum Gasteiger partial charge on any atom is -0.493 e. The van der Waals surface area contributed by atoms with Gasteiger partial charge in [-0.15, -0.1) is 0 Å². The normalized spacial score (nSPS) is 10.3. The third kappa shape index (κ3) is 4.27. The molecule has 0 saturated carbocycles. The maximum atomic E-state index is 5.76.